The molecular weight excluding hydrogens is 290 g/mol. The van der Waals surface area contributed by atoms with E-state index in [-0.39, 0.29) is 5.91 Å². The number of likely N-dealkylation sites (tertiary alicyclic amines) is 1. The average molecular weight is 313 g/mol. The van der Waals surface area contributed by atoms with Gasteiger partial charge in [-0.25, -0.2) is 0 Å². The van der Waals surface area contributed by atoms with E-state index in [2.05, 4.69) is 9.88 Å². The molecule has 0 aliphatic carbocycles. The highest BCUT2D eigenvalue weighted by Crippen LogP contribution is 2.38. The molecule has 3 aliphatic rings. The molecule has 0 N–H and O–H groups in total. The quantitative estimate of drug-likeness (QED) is 0.795. The lowest BCUT2D eigenvalue weighted by Gasteiger charge is -2.52. The third kappa shape index (κ3) is 2.52. The van der Waals surface area contributed by atoms with Gasteiger partial charge in [0.15, 0.2) is 0 Å². The molecule has 1 aromatic heterocycles. The van der Waals surface area contributed by atoms with Crippen LogP contribution in [0.15, 0.2) is 18.3 Å². The highest BCUT2D eigenvalue weighted by molar-refractivity contribution is 5.95. The number of aryl methyl sites for hydroxylation is 1. The van der Waals surface area contributed by atoms with Gasteiger partial charge in [-0.2, -0.15) is 0 Å². The molecule has 3 atom stereocenters. The summed E-state index contributed by atoms with van der Waals surface area (Å²) in [4.78, 5) is 33.4. The van der Waals surface area contributed by atoms with Crippen molar-refractivity contribution in [2.24, 2.45) is 11.8 Å². The van der Waals surface area contributed by atoms with Gasteiger partial charge in [-0.3, -0.25) is 14.6 Å². The molecule has 23 heavy (non-hydrogen) atoms. The molecule has 2 amide bonds. The summed E-state index contributed by atoms with van der Waals surface area (Å²) in [5, 5.41) is 0. The van der Waals surface area contributed by atoms with Gasteiger partial charge < -0.3 is 9.80 Å². The van der Waals surface area contributed by atoms with E-state index >= 15 is 0 Å². The Bertz CT molecular complexity index is 645. The van der Waals surface area contributed by atoms with Gasteiger partial charge in [-0.05, 0) is 50.2 Å². The topological polar surface area (TPSA) is 53.5 Å². The fourth-order valence-corrected chi connectivity index (χ4v) is 4.66. The summed E-state index contributed by atoms with van der Waals surface area (Å²) in [5.74, 6) is 1.28. The summed E-state index contributed by atoms with van der Waals surface area (Å²) >= 11 is 0. The molecule has 4 rings (SSSR count). The Morgan fingerprint density at radius 2 is 2.17 bits per heavy atom. The normalized spacial score (nSPS) is 30.1. The number of pyridine rings is 1. The zero-order valence-electron chi connectivity index (χ0n) is 13.6. The third-order valence-corrected chi connectivity index (χ3v) is 5.70. The highest BCUT2D eigenvalue weighted by Gasteiger charge is 2.44. The number of aromatic nitrogens is 1. The smallest absolute Gasteiger partial charge is 0.255 e. The van der Waals surface area contributed by atoms with Gasteiger partial charge >= 0.3 is 0 Å². The minimum atomic E-state index is 0.0980. The first kappa shape index (κ1) is 14.7. The SMILES string of the molecule is Cc1ncccc1C(=O)N1CC2CC(C1)[C@H]1CCCC(=O)N1C2. The van der Waals surface area contributed by atoms with Crippen LogP contribution in [0.25, 0.3) is 0 Å². The number of carbonyl (C=O) groups excluding carboxylic acids is 2. The van der Waals surface area contributed by atoms with Gasteiger partial charge in [0.05, 0.1) is 5.56 Å². The van der Waals surface area contributed by atoms with Crippen molar-refractivity contribution in [3.8, 4) is 0 Å². The molecule has 1 aromatic rings. The number of piperidine rings is 3. The van der Waals surface area contributed by atoms with Crippen LogP contribution in [0.3, 0.4) is 0 Å². The first-order valence-electron chi connectivity index (χ1n) is 8.64. The van der Waals surface area contributed by atoms with E-state index in [4.69, 9.17) is 0 Å². The van der Waals surface area contributed by atoms with E-state index < -0.39 is 0 Å². The molecule has 2 bridgehead atoms. The van der Waals surface area contributed by atoms with Crippen molar-refractivity contribution in [3.05, 3.63) is 29.6 Å². The van der Waals surface area contributed by atoms with E-state index in [0.717, 1.165) is 44.6 Å². The van der Waals surface area contributed by atoms with Crippen LogP contribution in [0.2, 0.25) is 0 Å². The van der Waals surface area contributed by atoms with Crippen LogP contribution in [0, 0.1) is 18.8 Å². The molecular formula is C18H23N3O2. The van der Waals surface area contributed by atoms with Crippen molar-refractivity contribution < 1.29 is 9.59 Å². The van der Waals surface area contributed by atoms with Gasteiger partial charge in [0.25, 0.3) is 5.91 Å². The van der Waals surface area contributed by atoms with E-state index in [1.165, 1.54) is 0 Å². The maximum absolute atomic E-state index is 12.9. The third-order valence-electron chi connectivity index (χ3n) is 5.70. The summed E-state index contributed by atoms with van der Waals surface area (Å²) in [6.07, 6.45) is 5.67. The molecule has 122 valence electrons. The number of nitrogens with zero attached hydrogens (tertiary/aromatic N) is 3. The molecule has 0 radical (unpaired) electrons. The van der Waals surface area contributed by atoms with Crippen LogP contribution < -0.4 is 0 Å². The summed E-state index contributed by atoms with van der Waals surface area (Å²) in [5.41, 5.74) is 1.51. The van der Waals surface area contributed by atoms with Crippen LogP contribution in [0.1, 0.15) is 41.7 Å². The largest absolute Gasteiger partial charge is 0.339 e. The fourth-order valence-electron chi connectivity index (χ4n) is 4.66. The van der Waals surface area contributed by atoms with Crippen LogP contribution in [0.4, 0.5) is 0 Å². The van der Waals surface area contributed by atoms with Gasteiger partial charge in [0.2, 0.25) is 5.91 Å². The van der Waals surface area contributed by atoms with E-state index in [0.29, 0.717) is 35.8 Å². The number of hydrogen-bond acceptors (Lipinski definition) is 3. The first-order chi connectivity index (χ1) is 11.1. The second-order valence-corrected chi connectivity index (χ2v) is 7.21. The van der Waals surface area contributed by atoms with Gasteiger partial charge in [-0.1, -0.05) is 0 Å². The van der Waals surface area contributed by atoms with Gasteiger partial charge in [-0.15, -0.1) is 0 Å². The molecule has 5 heteroatoms. The molecule has 3 fully saturated rings. The molecule has 5 nitrogen and oxygen atoms in total. The molecule has 4 heterocycles. The van der Waals surface area contributed by atoms with Crippen molar-refractivity contribution in [1.82, 2.24) is 14.8 Å². The molecule has 3 saturated heterocycles. The van der Waals surface area contributed by atoms with Crippen molar-refractivity contribution >= 4 is 11.8 Å². The molecule has 0 aromatic carbocycles. The second kappa shape index (κ2) is 5.62. The lowest BCUT2D eigenvalue weighted by atomic mass is 9.76. The fraction of sp³-hybridized carbons (Fsp3) is 0.611. The minimum Gasteiger partial charge on any atom is -0.339 e. The Hall–Kier alpha value is -1.91. The number of rotatable bonds is 1. The van der Waals surface area contributed by atoms with Gasteiger partial charge in [0.1, 0.15) is 0 Å². The average Bonchev–Trinajstić information content (AvgIpc) is 2.55. The van der Waals surface area contributed by atoms with Crippen LogP contribution in [-0.2, 0) is 4.79 Å². The monoisotopic (exact) mass is 313 g/mol. The summed E-state index contributed by atoms with van der Waals surface area (Å²) in [7, 11) is 0. The Labute approximate surface area is 136 Å². The molecule has 0 spiro atoms. The Morgan fingerprint density at radius 1 is 1.30 bits per heavy atom. The lowest BCUT2D eigenvalue weighted by molar-refractivity contribution is -0.144. The van der Waals surface area contributed by atoms with Crippen LogP contribution in [-0.4, -0.2) is 52.3 Å². The Balaban J connectivity index is 1.55. The maximum atomic E-state index is 12.9. The predicted octanol–water partition coefficient (Wildman–Crippen LogP) is 1.86. The molecule has 2 unspecified atom stereocenters. The predicted molar refractivity (Wildman–Crippen MR) is 85.8 cm³/mol. The van der Waals surface area contributed by atoms with E-state index in [9.17, 15) is 9.59 Å². The van der Waals surface area contributed by atoms with Crippen molar-refractivity contribution in [2.75, 3.05) is 19.6 Å². The van der Waals surface area contributed by atoms with Crippen LogP contribution in [0.5, 0.6) is 0 Å². The lowest BCUT2D eigenvalue weighted by Crippen LogP contribution is -2.61. The standard InChI is InChI=1S/C18H23N3O2/c1-12-15(4-3-7-19-12)18(23)20-9-13-8-14(11-20)16-5-2-6-17(22)21(16)10-13/h3-4,7,13-14,16H,2,5-6,8-11H2,1H3/t13?,14?,16-/m1/s1. The zero-order chi connectivity index (χ0) is 16.0. The van der Waals surface area contributed by atoms with Gasteiger partial charge in [0, 0.05) is 44.0 Å². The van der Waals surface area contributed by atoms with Crippen molar-refractivity contribution in [1.29, 1.82) is 0 Å². The number of carbonyl (C=O) groups is 2. The highest BCUT2D eigenvalue weighted by atomic mass is 16.2. The number of fused-ring (bicyclic) bond motifs is 4. The van der Waals surface area contributed by atoms with E-state index in [1.54, 1.807) is 6.20 Å². The second-order valence-electron chi connectivity index (χ2n) is 7.21. The Morgan fingerprint density at radius 3 is 3.00 bits per heavy atom. The van der Waals surface area contributed by atoms with Crippen molar-refractivity contribution in [2.45, 2.75) is 38.6 Å². The summed E-state index contributed by atoms with van der Waals surface area (Å²) in [6.45, 7) is 4.26. The Kier molecular flexibility index (Phi) is 3.58. The summed E-state index contributed by atoms with van der Waals surface area (Å²) < 4.78 is 0. The molecule has 0 saturated carbocycles. The summed E-state index contributed by atoms with van der Waals surface area (Å²) in [6, 6.07) is 4.04. The van der Waals surface area contributed by atoms with Crippen molar-refractivity contribution in [3.63, 3.8) is 0 Å². The number of amides is 2. The first-order valence-corrected chi connectivity index (χ1v) is 8.64. The van der Waals surface area contributed by atoms with E-state index in [1.807, 2.05) is 24.0 Å². The number of hydrogen-bond donors (Lipinski definition) is 0. The maximum Gasteiger partial charge on any atom is 0.255 e. The minimum absolute atomic E-state index is 0.0980. The van der Waals surface area contributed by atoms with Crippen LogP contribution >= 0.6 is 0 Å². The molecule has 3 aliphatic heterocycles. The zero-order valence-corrected chi connectivity index (χ0v) is 13.6.